The summed E-state index contributed by atoms with van der Waals surface area (Å²) in [6.07, 6.45) is -4.98. The van der Waals surface area contributed by atoms with Crippen LogP contribution in [0.4, 0.5) is 17.6 Å². The fraction of sp³-hybridized carbons (Fsp3) is 0.296. The Kier molecular flexibility index (Phi) is 8.93. The lowest BCUT2D eigenvalue weighted by Crippen LogP contribution is -2.24. The molecule has 2 N–H and O–H groups in total. The quantitative estimate of drug-likeness (QED) is 0.238. The third-order valence-electron chi connectivity index (χ3n) is 5.64. The third-order valence-corrected chi connectivity index (χ3v) is 5.64. The number of alkyl halides is 3. The molecule has 0 aliphatic carbocycles. The number of benzene rings is 3. The molecule has 3 aromatic carbocycles. The van der Waals surface area contributed by atoms with E-state index in [0.29, 0.717) is 12.1 Å². The van der Waals surface area contributed by atoms with Crippen molar-refractivity contribution in [2.75, 3.05) is 20.3 Å². The van der Waals surface area contributed by atoms with E-state index in [1.807, 2.05) is 31.2 Å². The summed E-state index contributed by atoms with van der Waals surface area (Å²) in [5.74, 6) is -0.962. The van der Waals surface area contributed by atoms with Crippen LogP contribution in [-0.4, -0.2) is 31.3 Å². The van der Waals surface area contributed by atoms with E-state index in [0.717, 1.165) is 29.5 Å². The molecular weight excluding hydrogens is 478 g/mol. The van der Waals surface area contributed by atoms with Gasteiger partial charge in [-0.15, -0.1) is 0 Å². The summed E-state index contributed by atoms with van der Waals surface area (Å²) in [7, 11) is 1.58. The zero-order valence-electron chi connectivity index (χ0n) is 19.9. The van der Waals surface area contributed by atoms with Gasteiger partial charge in [-0.1, -0.05) is 18.2 Å². The maximum atomic E-state index is 14.1. The van der Waals surface area contributed by atoms with Crippen LogP contribution in [-0.2, 0) is 17.4 Å². The summed E-state index contributed by atoms with van der Waals surface area (Å²) >= 11 is 0. The first-order valence-electron chi connectivity index (χ1n) is 11.3. The molecule has 5 nitrogen and oxygen atoms in total. The number of carboxylic acid groups (broad SMARTS) is 1. The standard InChI is InChI=1S/C27H27F4NO4/c1-17(18-4-3-5-23(14-18)35-2)32-10-11-36-24-15-21(13-22(16-24)27(29,30)31)19-6-8-25(28)20(12-19)7-9-26(33)34/h3-6,8,12-17,32H,7,9-11H2,1-2H3,(H,33,34)/t17-/m1/s1. The normalized spacial score (nSPS) is 12.3. The second-order valence-electron chi connectivity index (χ2n) is 8.24. The number of rotatable bonds is 11. The molecule has 0 aromatic heterocycles. The number of carbonyl (C=O) groups is 1. The van der Waals surface area contributed by atoms with Crippen LogP contribution in [0.2, 0.25) is 0 Å². The molecule has 0 heterocycles. The fourth-order valence-corrected chi connectivity index (χ4v) is 3.67. The molecule has 0 aliphatic rings. The van der Waals surface area contributed by atoms with Gasteiger partial charge in [-0.3, -0.25) is 4.79 Å². The van der Waals surface area contributed by atoms with Gasteiger partial charge in [0.1, 0.15) is 23.9 Å². The number of carboxylic acids is 1. The molecule has 192 valence electrons. The average molecular weight is 506 g/mol. The first-order valence-corrected chi connectivity index (χ1v) is 11.3. The van der Waals surface area contributed by atoms with Gasteiger partial charge in [0.25, 0.3) is 0 Å². The Balaban J connectivity index is 1.74. The Morgan fingerprint density at radius 1 is 1.03 bits per heavy atom. The smallest absolute Gasteiger partial charge is 0.416 e. The molecule has 0 amide bonds. The van der Waals surface area contributed by atoms with Crippen molar-refractivity contribution in [3.05, 3.63) is 83.2 Å². The van der Waals surface area contributed by atoms with Crippen molar-refractivity contribution in [2.24, 2.45) is 0 Å². The van der Waals surface area contributed by atoms with Gasteiger partial charge in [0.15, 0.2) is 0 Å². The highest BCUT2D eigenvalue weighted by Crippen LogP contribution is 2.36. The lowest BCUT2D eigenvalue weighted by atomic mass is 9.98. The van der Waals surface area contributed by atoms with Gasteiger partial charge in [-0.05, 0) is 78.1 Å². The van der Waals surface area contributed by atoms with Gasteiger partial charge < -0.3 is 19.9 Å². The van der Waals surface area contributed by atoms with Crippen LogP contribution in [0.3, 0.4) is 0 Å². The molecule has 0 saturated heterocycles. The van der Waals surface area contributed by atoms with Crippen LogP contribution in [0.1, 0.15) is 36.1 Å². The number of methoxy groups -OCH3 is 1. The summed E-state index contributed by atoms with van der Waals surface area (Å²) in [5, 5.41) is 12.1. The van der Waals surface area contributed by atoms with E-state index >= 15 is 0 Å². The van der Waals surface area contributed by atoms with Gasteiger partial charge in [0.2, 0.25) is 0 Å². The molecule has 1 atom stereocenters. The summed E-state index contributed by atoms with van der Waals surface area (Å²) in [4.78, 5) is 10.8. The lowest BCUT2D eigenvalue weighted by molar-refractivity contribution is -0.138. The molecule has 3 aromatic rings. The summed E-state index contributed by atoms with van der Waals surface area (Å²) in [5.41, 5.74) is 0.729. The highest BCUT2D eigenvalue weighted by atomic mass is 19.4. The van der Waals surface area contributed by atoms with Gasteiger partial charge >= 0.3 is 12.1 Å². The molecule has 0 bridgehead atoms. The first kappa shape index (κ1) is 27.0. The van der Waals surface area contributed by atoms with Crippen LogP contribution in [0.25, 0.3) is 11.1 Å². The SMILES string of the molecule is COc1cccc([C@@H](C)NCCOc2cc(-c3ccc(F)c(CCC(=O)O)c3)cc(C(F)(F)F)c2)c1. The largest absolute Gasteiger partial charge is 0.497 e. The molecule has 0 spiro atoms. The van der Waals surface area contributed by atoms with E-state index in [-0.39, 0.29) is 42.4 Å². The van der Waals surface area contributed by atoms with Crippen LogP contribution in [0, 0.1) is 5.82 Å². The second kappa shape index (κ2) is 11.9. The molecule has 9 heteroatoms. The average Bonchev–Trinajstić information content (AvgIpc) is 2.85. The summed E-state index contributed by atoms with van der Waals surface area (Å²) in [6, 6.07) is 14.7. The minimum absolute atomic E-state index is 0.0204. The highest BCUT2D eigenvalue weighted by molar-refractivity contribution is 5.69. The van der Waals surface area contributed by atoms with Gasteiger partial charge in [-0.25, -0.2) is 4.39 Å². The number of aliphatic carboxylic acids is 1. The van der Waals surface area contributed by atoms with Crippen molar-refractivity contribution in [2.45, 2.75) is 32.0 Å². The molecule has 36 heavy (non-hydrogen) atoms. The van der Waals surface area contributed by atoms with Crippen molar-refractivity contribution in [3.8, 4) is 22.6 Å². The maximum Gasteiger partial charge on any atom is 0.416 e. The molecule has 0 fully saturated rings. The number of ether oxygens (including phenoxy) is 2. The van der Waals surface area contributed by atoms with Crippen LogP contribution in [0.15, 0.2) is 60.7 Å². The number of aryl methyl sites for hydroxylation is 1. The molecule has 0 unspecified atom stereocenters. The van der Waals surface area contributed by atoms with E-state index in [9.17, 15) is 22.4 Å². The van der Waals surface area contributed by atoms with E-state index in [4.69, 9.17) is 14.6 Å². The summed E-state index contributed by atoms with van der Waals surface area (Å²) < 4.78 is 65.6. The van der Waals surface area contributed by atoms with E-state index in [1.54, 1.807) is 7.11 Å². The van der Waals surface area contributed by atoms with Gasteiger partial charge in [0.05, 0.1) is 12.7 Å². The maximum absolute atomic E-state index is 14.1. The minimum Gasteiger partial charge on any atom is -0.497 e. The van der Waals surface area contributed by atoms with Gasteiger partial charge in [-0.2, -0.15) is 13.2 Å². The highest BCUT2D eigenvalue weighted by Gasteiger charge is 2.31. The zero-order valence-corrected chi connectivity index (χ0v) is 19.9. The number of hydrogen-bond acceptors (Lipinski definition) is 4. The molecule has 3 rings (SSSR count). The van der Waals surface area contributed by atoms with Crippen molar-refractivity contribution < 1.29 is 36.9 Å². The topological polar surface area (TPSA) is 67.8 Å². The third kappa shape index (κ3) is 7.45. The van der Waals surface area contributed by atoms with Crippen LogP contribution in [0.5, 0.6) is 11.5 Å². The van der Waals surface area contributed by atoms with Crippen LogP contribution >= 0.6 is 0 Å². The monoisotopic (exact) mass is 505 g/mol. The predicted molar refractivity (Wildman–Crippen MR) is 128 cm³/mol. The summed E-state index contributed by atoms with van der Waals surface area (Å²) in [6.45, 7) is 2.44. The molecule has 0 aliphatic heterocycles. The Morgan fingerprint density at radius 2 is 1.81 bits per heavy atom. The number of hydrogen-bond donors (Lipinski definition) is 2. The Labute approximate surface area is 206 Å². The Morgan fingerprint density at radius 3 is 2.50 bits per heavy atom. The Hall–Kier alpha value is -3.59. The van der Waals surface area contributed by atoms with E-state index < -0.39 is 23.5 Å². The van der Waals surface area contributed by atoms with Gasteiger partial charge in [0, 0.05) is 19.0 Å². The van der Waals surface area contributed by atoms with E-state index in [1.165, 1.54) is 18.2 Å². The van der Waals surface area contributed by atoms with E-state index in [2.05, 4.69) is 5.32 Å². The van der Waals surface area contributed by atoms with Crippen molar-refractivity contribution in [3.63, 3.8) is 0 Å². The molecule has 0 radical (unpaired) electrons. The molecule has 0 saturated carbocycles. The predicted octanol–water partition coefficient (Wildman–Crippen LogP) is 6.27. The lowest BCUT2D eigenvalue weighted by Gasteiger charge is -2.17. The zero-order chi connectivity index (χ0) is 26.3. The minimum atomic E-state index is -4.61. The van der Waals surface area contributed by atoms with Crippen LogP contribution < -0.4 is 14.8 Å². The Bertz CT molecular complexity index is 1200. The number of halogens is 4. The van der Waals surface area contributed by atoms with Crippen molar-refractivity contribution >= 4 is 5.97 Å². The molecular formula is C27H27F4NO4. The first-order chi connectivity index (χ1) is 17.1. The number of nitrogens with one attached hydrogen (secondary N) is 1. The van der Waals surface area contributed by atoms with Crippen molar-refractivity contribution in [1.82, 2.24) is 5.32 Å². The van der Waals surface area contributed by atoms with Crippen molar-refractivity contribution in [1.29, 1.82) is 0 Å². The second-order valence-corrected chi connectivity index (χ2v) is 8.24. The fourth-order valence-electron chi connectivity index (χ4n) is 3.67.